The van der Waals surface area contributed by atoms with E-state index < -0.39 is 11.9 Å². The van der Waals surface area contributed by atoms with E-state index in [2.05, 4.69) is 5.32 Å². The molecule has 5 nitrogen and oxygen atoms in total. The van der Waals surface area contributed by atoms with Crippen LogP contribution in [0.5, 0.6) is 0 Å². The number of carbonyl (C=O) groups excluding carboxylic acids is 1. The molecule has 6 heteroatoms. The van der Waals surface area contributed by atoms with E-state index in [0.29, 0.717) is 11.8 Å². The summed E-state index contributed by atoms with van der Waals surface area (Å²) in [6.45, 7) is 4.40. The normalized spacial score (nSPS) is 14.0. The van der Waals surface area contributed by atoms with Gasteiger partial charge in [-0.2, -0.15) is 11.8 Å². The summed E-state index contributed by atoms with van der Waals surface area (Å²) < 4.78 is 0. The predicted octanol–water partition coefficient (Wildman–Crippen LogP) is 1.10. The summed E-state index contributed by atoms with van der Waals surface area (Å²) in [6.07, 6.45) is 1.98. The van der Waals surface area contributed by atoms with Crippen LogP contribution in [0.3, 0.4) is 0 Å². The second kappa shape index (κ2) is 7.38. The minimum absolute atomic E-state index is 0.217. The van der Waals surface area contributed by atoms with E-state index in [9.17, 15) is 9.59 Å². The number of carbonyl (C=O) groups is 2. The van der Waals surface area contributed by atoms with Crippen molar-refractivity contribution in [3.8, 4) is 0 Å². The molecule has 0 spiro atoms. The highest BCUT2D eigenvalue weighted by Crippen LogP contribution is 2.03. The molecule has 0 aromatic heterocycles. The fraction of sp³-hybridized carbons (Fsp3) is 0.800. The molecule has 0 saturated carbocycles. The zero-order valence-electron chi connectivity index (χ0n) is 10.2. The summed E-state index contributed by atoms with van der Waals surface area (Å²) in [6, 6.07) is -0.228. The molecule has 0 radical (unpaired) electrons. The van der Waals surface area contributed by atoms with Crippen molar-refractivity contribution in [2.24, 2.45) is 5.92 Å². The lowest BCUT2D eigenvalue weighted by Gasteiger charge is -2.20. The smallest absolute Gasteiger partial charge is 0.317 e. The maximum absolute atomic E-state index is 11.5. The van der Waals surface area contributed by atoms with E-state index in [1.165, 1.54) is 4.90 Å². The van der Waals surface area contributed by atoms with Crippen molar-refractivity contribution in [2.75, 3.05) is 26.4 Å². The molecule has 0 aliphatic heterocycles. The molecular formula is C10H20N2O3S. The van der Waals surface area contributed by atoms with E-state index in [1.807, 2.05) is 13.2 Å². The molecule has 0 bridgehead atoms. The monoisotopic (exact) mass is 248 g/mol. The maximum Gasteiger partial charge on any atom is 0.317 e. The van der Waals surface area contributed by atoms with Crippen LogP contribution in [-0.2, 0) is 4.79 Å². The van der Waals surface area contributed by atoms with E-state index >= 15 is 0 Å². The summed E-state index contributed by atoms with van der Waals surface area (Å²) >= 11 is 1.67. The topological polar surface area (TPSA) is 69.6 Å². The Balaban J connectivity index is 3.95. The summed E-state index contributed by atoms with van der Waals surface area (Å²) in [7, 11) is 1.60. The molecule has 0 aromatic rings. The molecular weight excluding hydrogens is 228 g/mol. The van der Waals surface area contributed by atoms with Crippen LogP contribution in [0.4, 0.5) is 4.79 Å². The highest BCUT2D eigenvalue weighted by atomic mass is 32.2. The van der Waals surface area contributed by atoms with E-state index in [1.54, 1.807) is 25.7 Å². The van der Waals surface area contributed by atoms with Gasteiger partial charge < -0.3 is 15.3 Å². The van der Waals surface area contributed by atoms with Crippen LogP contribution in [0.1, 0.15) is 13.8 Å². The molecule has 0 rings (SSSR count). The van der Waals surface area contributed by atoms with Crippen LogP contribution in [-0.4, -0.2) is 53.6 Å². The number of aliphatic carboxylic acids is 1. The van der Waals surface area contributed by atoms with E-state index in [4.69, 9.17) is 5.11 Å². The second-order valence-electron chi connectivity index (χ2n) is 3.85. The largest absolute Gasteiger partial charge is 0.481 e. The number of nitrogens with one attached hydrogen (secondary N) is 1. The molecule has 2 amide bonds. The molecule has 2 N–H and O–H groups in total. The van der Waals surface area contributed by atoms with Gasteiger partial charge in [-0.05, 0) is 6.26 Å². The Morgan fingerprint density at radius 1 is 1.44 bits per heavy atom. The Bertz CT molecular complexity index is 248. The lowest BCUT2D eigenvalue weighted by molar-refractivity contribution is -0.141. The van der Waals surface area contributed by atoms with Gasteiger partial charge in [-0.1, -0.05) is 13.8 Å². The number of carboxylic acid groups (broad SMARTS) is 1. The van der Waals surface area contributed by atoms with Crippen LogP contribution in [0.25, 0.3) is 0 Å². The van der Waals surface area contributed by atoms with Gasteiger partial charge in [0.2, 0.25) is 0 Å². The lowest BCUT2D eigenvalue weighted by atomic mass is 10.2. The molecule has 0 fully saturated rings. The maximum atomic E-state index is 11.5. The molecule has 0 aliphatic carbocycles. The highest BCUT2D eigenvalue weighted by molar-refractivity contribution is 7.99. The fourth-order valence-electron chi connectivity index (χ4n) is 1.02. The quantitative estimate of drug-likeness (QED) is 0.738. The van der Waals surface area contributed by atoms with Crippen molar-refractivity contribution in [3.63, 3.8) is 0 Å². The predicted molar refractivity (Wildman–Crippen MR) is 65.8 cm³/mol. The first-order valence-electron chi connectivity index (χ1n) is 5.13. The molecule has 2 unspecified atom stereocenters. The first-order chi connectivity index (χ1) is 7.38. The van der Waals surface area contributed by atoms with Gasteiger partial charge in [-0.25, -0.2) is 4.79 Å². The van der Waals surface area contributed by atoms with Crippen LogP contribution >= 0.6 is 11.8 Å². The van der Waals surface area contributed by atoms with Crippen LogP contribution in [0.2, 0.25) is 0 Å². The van der Waals surface area contributed by atoms with Crippen LogP contribution in [0, 0.1) is 5.92 Å². The van der Waals surface area contributed by atoms with Gasteiger partial charge in [0.1, 0.15) is 0 Å². The number of urea groups is 1. The third-order valence-electron chi connectivity index (χ3n) is 2.26. The molecule has 2 atom stereocenters. The molecule has 94 valence electrons. The average Bonchev–Trinajstić information content (AvgIpc) is 2.24. The number of nitrogens with zero attached hydrogens (tertiary/aromatic N) is 1. The Morgan fingerprint density at radius 2 is 2.00 bits per heavy atom. The number of hydrogen-bond donors (Lipinski definition) is 2. The fourth-order valence-corrected chi connectivity index (χ4v) is 1.27. The minimum atomic E-state index is -0.892. The van der Waals surface area contributed by atoms with Crippen molar-refractivity contribution in [2.45, 2.75) is 19.1 Å². The minimum Gasteiger partial charge on any atom is -0.481 e. The van der Waals surface area contributed by atoms with Crippen molar-refractivity contribution in [3.05, 3.63) is 0 Å². The van der Waals surface area contributed by atoms with Gasteiger partial charge in [0, 0.05) is 25.4 Å². The number of thioether (sulfide) groups is 1. The third-order valence-corrected chi connectivity index (χ3v) is 3.23. The van der Waals surface area contributed by atoms with Crippen molar-refractivity contribution < 1.29 is 14.7 Å². The summed E-state index contributed by atoms with van der Waals surface area (Å²) in [5, 5.41) is 11.8. The summed E-state index contributed by atoms with van der Waals surface area (Å²) in [5.74, 6) is -1.44. The number of amides is 2. The zero-order chi connectivity index (χ0) is 12.7. The van der Waals surface area contributed by atoms with Gasteiger partial charge in [-0.15, -0.1) is 0 Å². The van der Waals surface area contributed by atoms with Crippen LogP contribution in [0.15, 0.2) is 0 Å². The number of carboxylic acids is 1. The Kier molecular flexibility index (Phi) is 6.96. The zero-order valence-corrected chi connectivity index (χ0v) is 11.0. The molecule has 0 saturated heterocycles. The Morgan fingerprint density at radius 3 is 2.44 bits per heavy atom. The van der Waals surface area contributed by atoms with Gasteiger partial charge in [0.15, 0.2) is 0 Å². The standard InChI is InChI=1S/C10H20N2O3S/c1-7(9(13)14)6-12(3)10(15)11-5-8(2)16-4/h7-8H,5-6H2,1-4H3,(H,11,15)(H,13,14). The summed E-state index contributed by atoms with van der Waals surface area (Å²) in [5.41, 5.74) is 0. The van der Waals surface area contributed by atoms with Gasteiger partial charge in [0.05, 0.1) is 5.92 Å². The number of hydrogen-bond acceptors (Lipinski definition) is 3. The molecule has 16 heavy (non-hydrogen) atoms. The SMILES string of the molecule is CSC(C)CNC(=O)N(C)CC(C)C(=O)O. The number of rotatable bonds is 6. The lowest BCUT2D eigenvalue weighted by Crippen LogP contribution is -2.42. The molecule has 0 aliphatic rings. The first-order valence-corrected chi connectivity index (χ1v) is 6.41. The van der Waals surface area contributed by atoms with Crippen molar-refractivity contribution >= 4 is 23.8 Å². The highest BCUT2D eigenvalue weighted by Gasteiger charge is 2.17. The van der Waals surface area contributed by atoms with E-state index in [0.717, 1.165) is 0 Å². The van der Waals surface area contributed by atoms with Crippen molar-refractivity contribution in [1.29, 1.82) is 0 Å². The second-order valence-corrected chi connectivity index (χ2v) is 5.13. The van der Waals surface area contributed by atoms with Gasteiger partial charge in [-0.3, -0.25) is 4.79 Å². The Labute approximate surface area is 101 Å². The molecule has 0 aromatic carbocycles. The van der Waals surface area contributed by atoms with Crippen molar-refractivity contribution in [1.82, 2.24) is 10.2 Å². The molecule has 0 heterocycles. The van der Waals surface area contributed by atoms with E-state index in [-0.39, 0.29) is 12.6 Å². The van der Waals surface area contributed by atoms with Crippen LogP contribution < -0.4 is 5.32 Å². The average molecular weight is 248 g/mol. The van der Waals surface area contributed by atoms with Gasteiger partial charge >= 0.3 is 12.0 Å². The Hall–Kier alpha value is -0.910. The summed E-state index contributed by atoms with van der Waals surface area (Å²) in [4.78, 5) is 23.5. The first kappa shape index (κ1) is 15.1. The van der Waals surface area contributed by atoms with Gasteiger partial charge in [0.25, 0.3) is 0 Å². The third kappa shape index (κ3) is 5.85.